The zero-order valence-electron chi connectivity index (χ0n) is 7.99. The summed E-state index contributed by atoms with van der Waals surface area (Å²) in [5.41, 5.74) is 3.87. The fourth-order valence-corrected chi connectivity index (χ4v) is 1.40. The predicted octanol–water partition coefficient (Wildman–Crippen LogP) is -3.85. The summed E-state index contributed by atoms with van der Waals surface area (Å²) in [6.07, 6.45) is 3.47. The van der Waals surface area contributed by atoms with Gasteiger partial charge in [-0.05, 0) is 12.2 Å². The molecule has 0 aliphatic heterocycles. The Morgan fingerprint density at radius 1 is 1.79 bits per heavy atom. The first-order valence-corrected chi connectivity index (χ1v) is 3.98. The topological polar surface area (TPSA) is 75.4 Å². The maximum Gasteiger partial charge on any atom is 1.00 e. The van der Waals surface area contributed by atoms with Crippen LogP contribution >= 0.6 is 11.6 Å². The van der Waals surface area contributed by atoms with Gasteiger partial charge >= 0.3 is 29.6 Å². The molecule has 1 aliphatic carbocycles. The van der Waals surface area contributed by atoms with Gasteiger partial charge in [-0.2, -0.15) is 0 Å². The number of ether oxygens (including phenoxy) is 1. The third-order valence-corrected chi connectivity index (χ3v) is 2.12. The van der Waals surface area contributed by atoms with Crippen molar-refractivity contribution in [2.24, 2.45) is 5.73 Å². The van der Waals surface area contributed by atoms with Crippen LogP contribution in [0.15, 0.2) is 23.3 Å². The van der Waals surface area contributed by atoms with Crippen molar-refractivity contribution in [3.63, 3.8) is 0 Å². The molecule has 0 fully saturated rings. The van der Waals surface area contributed by atoms with E-state index in [2.05, 4.69) is 0 Å². The van der Waals surface area contributed by atoms with Crippen molar-refractivity contribution < 1.29 is 44.2 Å². The van der Waals surface area contributed by atoms with Gasteiger partial charge < -0.3 is 20.4 Å². The normalized spacial score (nSPS) is 30.5. The molecule has 2 atom stereocenters. The average molecular weight is 226 g/mol. The zero-order valence-corrected chi connectivity index (χ0v) is 10.7. The maximum absolute atomic E-state index is 10.7. The number of methoxy groups -OCH3 is 1. The number of carboxylic acids is 1. The van der Waals surface area contributed by atoms with Crippen LogP contribution < -0.4 is 40.4 Å². The number of carbonyl (C=O) groups is 1. The molecule has 0 heterocycles. The molecule has 0 aromatic rings. The molecule has 2 unspecified atom stereocenters. The monoisotopic (exact) mass is 225 g/mol. The van der Waals surface area contributed by atoms with Crippen LogP contribution in [0.5, 0.6) is 0 Å². The van der Waals surface area contributed by atoms with Crippen molar-refractivity contribution in [2.45, 2.75) is 11.6 Å². The molecule has 1 rings (SSSR count). The number of hydrogen-bond acceptors (Lipinski definition) is 4. The smallest absolute Gasteiger partial charge is 0.548 e. The van der Waals surface area contributed by atoms with Gasteiger partial charge in [0.05, 0.1) is 5.97 Å². The minimum absolute atomic E-state index is 0. The molecular formula is C8H9ClNNaO3. The summed E-state index contributed by atoms with van der Waals surface area (Å²) in [7, 11) is 1.37. The molecule has 2 N–H and O–H groups in total. The van der Waals surface area contributed by atoms with Gasteiger partial charge in [0.25, 0.3) is 0 Å². The van der Waals surface area contributed by atoms with Gasteiger partial charge in [-0.1, -0.05) is 17.7 Å². The number of rotatable bonds is 2. The largest absolute Gasteiger partial charge is 1.00 e. The fraction of sp³-hybridized carbons (Fsp3) is 0.375. The molecule has 0 amide bonds. The van der Waals surface area contributed by atoms with Crippen molar-refractivity contribution in [3.05, 3.63) is 23.3 Å². The van der Waals surface area contributed by atoms with Crippen LogP contribution in [0.4, 0.5) is 0 Å². The van der Waals surface area contributed by atoms with Crippen molar-refractivity contribution in [1.29, 1.82) is 0 Å². The van der Waals surface area contributed by atoms with E-state index in [4.69, 9.17) is 22.1 Å². The van der Waals surface area contributed by atoms with E-state index in [9.17, 15) is 9.90 Å². The van der Waals surface area contributed by atoms with E-state index in [1.165, 1.54) is 25.3 Å². The van der Waals surface area contributed by atoms with E-state index >= 15 is 0 Å². The van der Waals surface area contributed by atoms with E-state index in [0.717, 1.165) is 0 Å². The Morgan fingerprint density at radius 2 is 2.36 bits per heavy atom. The number of carbonyl (C=O) groups excluding carboxylic acids is 1. The molecule has 1 aliphatic rings. The van der Waals surface area contributed by atoms with E-state index in [1.54, 1.807) is 0 Å². The SMILES string of the molecule is COC1C=CC(Cl)=CC1(N)C(=O)[O-].[Na+]. The van der Waals surface area contributed by atoms with Gasteiger partial charge in [0.2, 0.25) is 0 Å². The Kier molecular flexibility index (Phi) is 5.36. The number of nitrogens with two attached hydrogens (primary N) is 1. The summed E-state index contributed by atoms with van der Waals surface area (Å²) < 4.78 is 4.88. The summed E-state index contributed by atoms with van der Waals surface area (Å²) in [4.78, 5) is 10.7. The van der Waals surface area contributed by atoms with Gasteiger partial charge in [-0.25, -0.2) is 0 Å². The molecule has 0 saturated carbocycles. The number of halogens is 1. The molecular weight excluding hydrogens is 217 g/mol. The Balaban J connectivity index is 0.00000169. The fourth-order valence-electron chi connectivity index (χ4n) is 1.15. The summed E-state index contributed by atoms with van der Waals surface area (Å²) in [6, 6.07) is 0. The minimum Gasteiger partial charge on any atom is -0.548 e. The molecule has 14 heavy (non-hydrogen) atoms. The zero-order chi connectivity index (χ0) is 10.1. The van der Waals surface area contributed by atoms with Crippen LogP contribution in [0.3, 0.4) is 0 Å². The average Bonchev–Trinajstić information content (AvgIpc) is 2.04. The summed E-state index contributed by atoms with van der Waals surface area (Å²) in [5, 5.41) is 11.0. The van der Waals surface area contributed by atoms with Gasteiger partial charge in [0.1, 0.15) is 11.6 Å². The number of hydrogen-bond donors (Lipinski definition) is 1. The summed E-state index contributed by atoms with van der Waals surface area (Å²) >= 11 is 5.62. The first-order valence-electron chi connectivity index (χ1n) is 3.60. The molecule has 0 radical (unpaired) electrons. The van der Waals surface area contributed by atoms with Crippen molar-refractivity contribution >= 4 is 17.6 Å². The first-order chi connectivity index (χ1) is 6.00. The molecule has 0 saturated heterocycles. The van der Waals surface area contributed by atoms with E-state index < -0.39 is 17.6 Å². The standard InChI is InChI=1S/C8H10ClNO3.Na/c1-13-6-3-2-5(9)4-8(6,10)7(11)12;/h2-4,6H,10H2,1H3,(H,11,12);/q;+1/p-1. The van der Waals surface area contributed by atoms with Crippen LogP contribution in [-0.2, 0) is 9.53 Å². The molecule has 0 spiro atoms. The van der Waals surface area contributed by atoms with Crippen molar-refractivity contribution in [1.82, 2.24) is 0 Å². The number of carboxylic acid groups (broad SMARTS) is 1. The number of allylic oxidation sites excluding steroid dienone is 2. The van der Waals surface area contributed by atoms with Crippen molar-refractivity contribution in [3.8, 4) is 0 Å². The quantitative estimate of drug-likeness (QED) is 0.488. The minimum atomic E-state index is -1.68. The maximum atomic E-state index is 10.7. The Morgan fingerprint density at radius 3 is 2.79 bits per heavy atom. The third-order valence-electron chi connectivity index (χ3n) is 1.89. The van der Waals surface area contributed by atoms with E-state index in [0.29, 0.717) is 0 Å². The second kappa shape index (κ2) is 5.30. The molecule has 72 valence electrons. The van der Waals surface area contributed by atoms with Crippen LogP contribution in [-0.4, -0.2) is 24.7 Å². The second-order valence-corrected chi connectivity index (χ2v) is 3.20. The van der Waals surface area contributed by atoms with Crippen LogP contribution in [0, 0.1) is 0 Å². The molecule has 0 aromatic carbocycles. The van der Waals surface area contributed by atoms with Crippen LogP contribution in [0.1, 0.15) is 0 Å². The van der Waals surface area contributed by atoms with E-state index in [1.807, 2.05) is 0 Å². The molecule has 0 aromatic heterocycles. The molecule has 4 nitrogen and oxygen atoms in total. The van der Waals surface area contributed by atoms with Gasteiger partial charge in [-0.15, -0.1) is 0 Å². The molecule has 0 bridgehead atoms. The number of aliphatic carboxylic acids is 1. The summed E-state index contributed by atoms with van der Waals surface area (Å²) in [6.45, 7) is 0. The van der Waals surface area contributed by atoms with Gasteiger partial charge in [-0.3, -0.25) is 0 Å². The first kappa shape index (κ1) is 14.2. The van der Waals surface area contributed by atoms with Gasteiger partial charge in [0, 0.05) is 12.1 Å². The summed E-state index contributed by atoms with van der Waals surface area (Å²) in [5.74, 6) is -1.41. The van der Waals surface area contributed by atoms with Gasteiger partial charge in [0.15, 0.2) is 0 Å². The Bertz CT molecular complexity index is 292. The second-order valence-electron chi connectivity index (χ2n) is 2.77. The Labute approximate surface area is 109 Å². The van der Waals surface area contributed by atoms with E-state index in [-0.39, 0.29) is 34.6 Å². The third kappa shape index (κ3) is 2.59. The van der Waals surface area contributed by atoms with Crippen LogP contribution in [0.2, 0.25) is 0 Å². The molecule has 6 heteroatoms. The van der Waals surface area contributed by atoms with Crippen molar-refractivity contribution in [2.75, 3.05) is 7.11 Å². The predicted molar refractivity (Wildman–Crippen MR) is 45.8 cm³/mol. The Hall–Kier alpha value is 0.160. The van der Waals surface area contributed by atoms with Crippen LogP contribution in [0.25, 0.3) is 0 Å².